The number of benzene rings is 2. The lowest BCUT2D eigenvalue weighted by molar-refractivity contribution is -0.169. The van der Waals surface area contributed by atoms with Crippen LogP contribution in [-0.2, 0) is 32.3 Å². The second kappa shape index (κ2) is 9.03. The largest absolute Gasteiger partial charge is 0.459 e. The minimum atomic E-state index is -1.65. The first kappa shape index (κ1) is 20.8. The molecule has 0 bridgehead atoms. The van der Waals surface area contributed by atoms with Gasteiger partial charge in [0, 0.05) is 11.6 Å². The number of ether oxygens (including phenoxy) is 2. The number of esters is 2. The summed E-state index contributed by atoms with van der Waals surface area (Å²) in [7, 11) is 0. The molecule has 0 radical (unpaired) electrons. The van der Waals surface area contributed by atoms with Crippen molar-refractivity contribution in [3.05, 3.63) is 71.8 Å². The summed E-state index contributed by atoms with van der Waals surface area (Å²) < 4.78 is 11.1. The summed E-state index contributed by atoms with van der Waals surface area (Å²) in [4.78, 5) is 31.0. The molecule has 152 valence electrons. The summed E-state index contributed by atoms with van der Waals surface area (Å²) in [6.07, 6.45) is 0.568. The molecule has 5 nitrogen and oxygen atoms in total. The third kappa shape index (κ3) is 4.56. The molecule has 1 aliphatic rings. The van der Waals surface area contributed by atoms with Gasteiger partial charge in [-0.2, -0.15) is 0 Å². The Morgan fingerprint density at radius 2 is 1.38 bits per heavy atom. The molecule has 2 aromatic rings. The molecule has 0 amide bonds. The van der Waals surface area contributed by atoms with Gasteiger partial charge in [-0.3, -0.25) is 4.99 Å². The lowest BCUT2D eigenvalue weighted by Gasteiger charge is -2.31. The van der Waals surface area contributed by atoms with Crippen molar-refractivity contribution in [2.24, 2.45) is 16.8 Å². The molecule has 29 heavy (non-hydrogen) atoms. The van der Waals surface area contributed by atoms with E-state index in [0.29, 0.717) is 6.42 Å². The number of nitrogens with zero attached hydrogens (tertiary/aromatic N) is 1. The number of hydrogen-bond donors (Lipinski definition) is 0. The van der Waals surface area contributed by atoms with Gasteiger partial charge in [0.2, 0.25) is 0 Å². The van der Waals surface area contributed by atoms with E-state index in [-0.39, 0.29) is 25.0 Å². The second-order valence-electron chi connectivity index (χ2n) is 7.79. The molecule has 1 aliphatic heterocycles. The van der Waals surface area contributed by atoms with Crippen molar-refractivity contribution in [3.63, 3.8) is 0 Å². The van der Waals surface area contributed by atoms with E-state index in [4.69, 9.17) is 9.47 Å². The molecule has 2 aromatic carbocycles. The van der Waals surface area contributed by atoms with Gasteiger partial charge in [0.15, 0.2) is 0 Å². The van der Waals surface area contributed by atoms with E-state index in [1.165, 1.54) is 0 Å². The molecule has 0 saturated heterocycles. The zero-order valence-electron chi connectivity index (χ0n) is 17.1. The Morgan fingerprint density at radius 1 is 0.931 bits per heavy atom. The van der Waals surface area contributed by atoms with E-state index in [0.717, 1.165) is 16.8 Å². The zero-order chi connectivity index (χ0) is 20.9. The Hall–Kier alpha value is -2.95. The molecular weight excluding hydrogens is 366 g/mol. The molecule has 0 aliphatic carbocycles. The zero-order valence-corrected chi connectivity index (χ0v) is 17.1. The van der Waals surface area contributed by atoms with E-state index >= 15 is 0 Å². The maximum absolute atomic E-state index is 13.2. The minimum Gasteiger partial charge on any atom is -0.459 e. The summed E-state index contributed by atoms with van der Waals surface area (Å²) in [5.74, 6) is -1.52. The Labute approximate surface area is 171 Å². The van der Waals surface area contributed by atoms with Crippen LogP contribution in [0.1, 0.15) is 38.3 Å². The van der Waals surface area contributed by atoms with Crippen molar-refractivity contribution in [2.75, 3.05) is 0 Å². The average Bonchev–Trinajstić information content (AvgIpc) is 3.10. The van der Waals surface area contributed by atoms with Crippen molar-refractivity contribution in [2.45, 2.75) is 45.9 Å². The van der Waals surface area contributed by atoms with Gasteiger partial charge >= 0.3 is 11.9 Å². The third-order valence-electron chi connectivity index (χ3n) is 5.27. The number of hydrogen-bond acceptors (Lipinski definition) is 5. The lowest BCUT2D eigenvalue weighted by atomic mass is 9.77. The van der Waals surface area contributed by atoms with E-state index in [2.05, 4.69) is 4.99 Å². The van der Waals surface area contributed by atoms with E-state index in [1.54, 1.807) is 0 Å². The van der Waals surface area contributed by atoms with Crippen LogP contribution < -0.4 is 0 Å². The van der Waals surface area contributed by atoms with Crippen LogP contribution in [0.5, 0.6) is 0 Å². The van der Waals surface area contributed by atoms with Crippen molar-refractivity contribution in [3.8, 4) is 0 Å². The van der Waals surface area contributed by atoms with Crippen molar-refractivity contribution >= 4 is 17.7 Å². The van der Waals surface area contributed by atoms with Gasteiger partial charge in [-0.25, -0.2) is 9.59 Å². The van der Waals surface area contributed by atoms with Crippen LogP contribution in [0.25, 0.3) is 0 Å². The fourth-order valence-electron chi connectivity index (χ4n) is 3.76. The maximum atomic E-state index is 13.2. The highest BCUT2D eigenvalue weighted by Gasteiger charge is 2.59. The van der Waals surface area contributed by atoms with Gasteiger partial charge in [0.1, 0.15) is 13.2 Å². The minimum absolute atomic E-state index is 0.0600. The summed E-state index contributed by atoms with van der Waals surface area (Å²) in [6.45, 7) is 6.00. The third-order valence-corrected chi connectivity index (χ3v) is 5.27. The first-order chi connectivity index (χ1) is 13.9. The number of carbonyl (C=O) groups is 2. The fourth-order valence-corrected chi connectivity index (χ4v) is 3.76. The number of rotatable bonds is 7. The van der Waals surface area contributed by atoms with Crippen LogP contribution in [0.4, 0.5) is 0 Å². The predicted octanol–water partition coefficient (Wildman–Crippen LogP) is 4.35. The molecule has 1 unspecified atom stereocenters. The second-order valence-corrected chi connectivity index (χ2v) is 7.79. The van der Waals surface area contributed by atoms with Gasteiger partial charge in [0.05, 0.1) is 0 Å². The van der Waals surface area contributed by atoms with Gasteiger partial charge in [-0.1, -0.05) is 74.5 Å². The van der Waals surface area contributed by atoms with Gasteiger partial charge in [0.25, 0.3) is 5.54 Å². The van der Waals surface area contributed by atoms with Gasteiger partial charge in [-0.05, 0) is 30.4 Å². The molecule has 0 fully saturated rings. The van der Waals surface area contributed by atoms with Crippen LogP contribution in [0, 0.1) is 11.8 Å². The Balaban J connectivity index is 1.83. The first-order valence-electron chi connectivity index (χ1n) is 9.91. The van der Waals surface area contributed by atoms with Gasteiger partial charge < -0.3 is 9.47 Å². The van der Waals surface area contributed by atoms with Crippen LogP contribution in [-0.4, -0.2) is 23.2 Å². The van der Waals surface area contributed by atoms with Crippen molar-refractivity contribution in [1.29, 1.82) is 0 Å². The molecule has 5 heteroatoms. The smallest absolute Gasteiger partial charge is 0.346 e. The Bertz CT molecular complexity index is 819. The van der Waals surface area contributed by atoms with Crippen LogP contribution in [0.15, 0.2) is 65.7 Å². The predicted molar refractivity (Wildman–Crippen MR) is 111 cm³/mol. The summed E-state index contributed by atoms with van der Waals surface area (Å²) in [6, 6.07) is 18.8. The standard InChI is InChI=1S/C24H27NO4/c1-17(2)21-14-18(3)25-24(21,22(26)28-15-19-10-6-4-7-11-19)23(27)29-16-20-12-8-5-9-13-20/h4-13,17,21H,14-16H2,1-3H3. The van der Waals surface area contributed by atoms with Crippen LogP contribution in [0.3, 0.4) is 0 Å². The van der Waals surface area contributed by atoms with Crippen LogP contribution >= 0.6 is 0 Å². The van der Waals surface area contributed by atoms with E-state index in [9.17, 15) is 9.59 Å². The van der Waals surface area contributed by atoms with Crippen molar-refractivity contribution in [1.82, 2.24) is 0 Å². The molecule has 0 aromatic heterocycles. The Kier molecular flexibility index (Phi) is 6.47. The topological polar surface area (TPSA) is 65.0 Å². The van der Waals surface area contributed by atoms with Gasteiger partial charge in [-0.15, -0.1) is 0 Å². The summed E-state index contributed by atoms with van der Waals surface area (Å²) in [5.41, 5.74) is 0.820. The highest BCUT2D eigenvalue weighted by atomic mass is 16.6. The Morgan fingerprint density at radius 3 is 1.79 bits per heavy atom. The quantitative estimate of drug-likeness (QED) is 0.518. The molecule has 0 spiro atoms. The number of aliphatic imine (C=N–C) groups is 1. The lowest BCUT2D eigenvalue weighted by Crippen LogP contribution is -2.52. The molecule has 1 atom stereocenters. The average molecular weight is 393 g/mol. The highest BCUT2D eigenvalue weighted by molar-refractivity contribution is 6.10. The fraction of sp³-hybridized carbons (Fsp3) is 0.375. The van der Waals surface area contributed by atoms with Crippen LogP contribution in [0.2, 0.25) is 0 Å². The summed E-state index contributed by atoms with van der Waals surface area (Å²) >= 11 is 0. The molecule has 0 saturated carbocycles. The van der Waals surface area contributed by atoms with E-state index < -0.39 is 17.5 Å². The van der Waals surface area contributed by atoms with E-state index in [1.807, 2.05) is 81.4 Å². The molecule has 1 heterocycles. The molecule has 3 rings (SSSR count). The maximum Gasteiger partial charge on any atom is 0.346 e. The normalized spacial score (nSPS) is 17.7. The molecular formula is C24H27NO4. The SMILES string of the molecule is CC1=NC(C(=O)OCc2ccccc2)(C(=O)OCc2ccccc2)C(C(C)C)C1. The first-order valence-corrected chi connectivity index (χ1v) is 9.91. The number of carbonyl (C=O) groups excluding carboxylic acids is 2. The highest BCUT2D eigenvalue weighted by Crippen LogP contribution is 2.40. The van der Waals surface area contributed by atoms with Crippen molar-refractivity contribution < 1.29 is 19.1 Å². The molecule has 0 N–H and O–H groups in total. The monoisotopic (exact) mass is 393 g/mol. The summed E-state index contributed by atoms with van der Waals surface area (Å²) in [5, 5.41) is 0.